The van der Waals surface area contributed by atoms with Crippen molar-refractivity contribution in [1.29, 1.82) is 0 Å². The molecular formula is C59H39NO. The van der Waals surface area contributed by atoms with Gasteiger partial charge in [0.25, 0.3) is 0 Å². The largest absolute Gasteiger partial charge is 0.456 e. The third kappa shape index (κ3) is 5.50. The molecule has 0 aliphatic heterocycles. The lowest BCUT2D eigenvalue weighted by molar-refractivity contribution is 0.669. The third-order valence-electron chi connectivity index (χ3n) is 12.7. The Balaban J connectivity index is 1.13. The quantitative estimate of drug-likeness (QED) is 0.160. The average molecular weight is 778 g/mol. The number of benzene rings is 10. The molecule has 0 N–H and O–H groups in total. The standard InChI is InChI=1S/C59H39NO/c1-5-17-40(18-6-1)41-29-31-45(32-30-41)60(46-34-36-50-53(37-46)52(42-19-7-2-8-20-42)39-57-58(50)51-26-14-16-28-56(51)61-57)47-33-35-49-48-25-13-15-27-54(48)59(55(49)38-47,43-21-9-3-10-22-43)44-23-11-4-12-24-44/h1-39H. The Kier molecular flexibility index (Phi) is 8.11. The van der Waals surface area contributed by atoms with E-state index in [4.69, 9.17) is 4.42 Å². The Morgan fingerprint density at radius 2 is 0.852 bits per heavy atom. The Bertz CT molecular complexity index is 3350. The molecule has 0 spiro atoms. The first-order valence-corrected chi connectivity index (χ1v) is 21.0. The smallest absolute Gasteiger partial charge is 0.136 e. The molecule has 1 aliphatic rings. The summed E-state index contributed by atoms with van der Waals surface area (Å²) in [6, 6.07) is 86.1. The van der Waals surface area contributed by atoms with E-state index in [-0.39, 0.29) is 0 Å². The zero-order chi connectivity index (χ0) is 40.3. The summed E-state index contributed by atoms with van der Waals surface area (Å²) in [6.45, 7) is 0. The molecule has 61 heavy (non-hydrogen) atoms. The molecule has 0 fully saturated rings. The van der Waals surface area contributed by atoms with Crippen molar-refractivity contribution in [3.8, 4) is 33.4 Å². The van der Waals surface area contributed by atoms with Crippen LogP contribution in [-0.4, -0.2) is 0 Å². The number of rotatable bonds is 7. The van der Waals surface area contributed by atoms with Crippen molar-refractivity contribution in [1.82, 2.24) is 0 Å². The van der Waals surface area contributed by atoms with Gasteiger partial charge < -0.3 is 9.32 Å². The van der Waals surface area contributed by atoms with Gasteiger partial charge in [-0.15, -0.1) is 0 Å². The number of para-hydroxylation sites is 1. The molecular weight excluding hydrogens is 739 g/mol. The van der Waals surface area contributed by atoms with Gasteiger partial charge in [0.1, 0.15) is 11.2 Å². The molecule has 0 saturated carbocycles. The van der Waals surface area contributed by atoms with Crippen molar-refractivity contribution in [2.24, 2.45) is 0 Å². The Morgan fingerprint density at radius 1 is 0.311 bits per heavy atom. The first-order valence-electron chi connectivity index (χ1n) is 21.0. The van der Waals surface area contributed by atoms with Crippen molar-refractivity contribution in [3.63, 3.8) is 0 Å². The van der Waals surface area contributed by atoms with Crippen LogP contribution in [-0.2, 0) is 5.41 Å². The summed E-state index contributed by atoms with van der Waals surface area (Å²) < 4.78 is 6.54. The van der Waals surface area contributed by atoms with Gasteiger partial charge in [0.2, 0.25) is 0 Å². The SMILES string of the molecule is c1ccc(-c2ccc(N(c3ccc4c(c3)C(c3ccccc3)(c3ccccc3)c3ccccc3-4)c3ccc4c(c3)c(-c3ccccc3)cc3oc5ccccc5c34)cc2)cc1. The van der Waals surface area contributed by atoms with Crippen LogP contribution < -0.4 is 4.90 Å². The summed E-state index contributed by atoms with van der Waals surface area (Å²) in [5.74, 6) is 0. The third-order valence-corrected chi connectivity index (χ3v) is 12.7. The molecule has 0 unspecified atom stereocenters. The van der Waals surface area contributed by atoms with E-state index < -0.39 is 5.41 Å². The fourth-order valence-corrected chi connectivity index (χ4v) is 10.1. The van der Waals surface area contributed by atoms with Crippen LogP contribution in [0.25, 0.3) is 66.1 Å². The monoisotopic (exact) mass is 777 g/mol. The van der Waals surface area contributed by atoms with Crippen LogP contribution in [0.2, 0.25) is 0 Å². The summed E-state index contributed by atoms with van der Waals surface area (Å²) >= 11 is 0. The van der Waals surface area contributed by atoms with Crippen LogP contribution in [0.15, 0.2) is 241 Å². The second kappa shape index (κ2) is 14.1. The number of hydrogen-bond acceptors (Lipinski definition) is 2. The normalized spacial score (nSPS) is 12.7. The summed E-state index contributed by atoms with van der Waals surface area (Å²) in [5, 5.41) is 4.60. The number of nitrogens with zero attached hydrogens (tertiary/aromatic N) is 1. The molecule has 286 valence electrons. The maximum absolute atomic E-state index is 6.54. The second-order valence-corrected chi connectivity index (χ2v) is 16.0. The molecule has 12 rings (SSSR count). The Hall–Kier alpha value is -7.94. The minimum Gasteiger partial charge on any atom is -0.456 e. The predicted octanol–water partition coefficient (Wildman–Crippen LogP) is 15.9. The lowest BCUT2D eigenvalue weighted by Crippen LogP contribution is -2.28. The summed E-state index contributed by atoms with van der Waals surface area (Å²) in [5.41, 5.74) is 16.8. The van der Waals surface area contributed by atoms with Crippen LogP contribution in [0, 0.1) is 0 Å². The van der Waals surface area contributed by atoms with Crippen LogP contribution in [0.5, 0.6) is 0 Å². The van der Waals surface area contributed by atoms with Crippen LogP contribution in [0.1, 0.15) is 22.3 Å². The number of anilines is 3. The first kappa shape index (κ1) is 35.0. The molecule has 1 heterocycles. The fourth-order valence-electron chi connectivity index (χ4n) is 10.1. The van der Waals surface area contributed by atoms with Gasteiger partial charge in [-0.2, -0.15) is 0 Å². The van der Waals surface area contributed by atoms with Gasteiger partial charge in [0.15, 0.2) is 0 Å². The highest BCUT2D eigenvalue weighted by Crippen LogP contribution is 2.57. The number of hydrogen-bond donors (Lipinski definition) is 0. The van der Waals surface area contributed by atoms with Crippen molar-refractivity contribution >= 4 is 49.8 Å². The Morgan fingerprint density at radius 3 is 1.57 bits per heavy atom. The van der Waals surface area contributed by atoms with Gasteiger partial charge in [-0.1, -0.05) is 188 Å². The van der Waals surface area contributed by atoms with E-state index >= 15 is 0 Å². The Labute approximate surface area is 355 Å². The lowest BCUT2D eigenvalue weighted by atomic mass is 9.67. The zero-order valence-corrected chi connectivity index (χ0v) is 33.4. The predicted molar refractivity (Wildman–Crippen MR) is 254 cm³/mol. The maximum atomic E-state index is 6.54. The molecule has 0 saturated heterocycles. The van der Waals surface area contributed by atoms with Gasteiger partial charge in [-0.05, 0) is 115 Å². The van der Waals surface area contributed by atoms with E-state index in [1.807, 2.05) is 6.07 Å². The van der Waals surface area contributed by atoms with Crippen molar-refractivity contribution < 1.29 is 4.42 Å². The lowest BCUT2D eigenvalue weighted by Gasteiger charge is -2.35. The number of furan rings is 1. The molecule has 1 aromatic heterocycles. The molecule has 0 atom stereocenters. The fraction of sp³-hybridized carbons (Fsp3) is 0.0169. The first-order chi connectivity index (χ1) is 30.3. The van der Waals surface area contributed by atoms with Gasteiger partial charge in [0.05, 0.1) is 5.41 Å². The molecule has 0 amide bonds. The van der Waals surface area contributed by atoms with Crippen LogP contribution in [0.3, 0.4) is 0 Å². The molecule has 0 bridgehead atoms. The van der Waals surface area contributed by atoms with E-state index in [1.165, 1.54) is 55.3 Å². The van der Waals surface area contributed by atoms with Crippen LogP contribution in [0.4, 0.5) is 17.1 Å². The van der Waals surface area contributed by atoms with E-state index in [1.54, 1.807) is 0 Å². The van der Waals surface area contributed by atoms with Crippen molar-refractivity contribution in [3.05, 3.63) is 259 Å². The van der Waals surface area contributed by atoms with Crippen molar-refractivity contribution in [2.45, 2.75) is 5.41 Å². The highest BCUT2D eigenvalue weighted by Gasteiger charge is 2.46. The summed E-state index contributed by atoms with van der Waals surface area (Å²) in [7, 11) is 0. The van der Waals surface area contributed by atoms with Crippen LogP contribution >= 0.6 is 0 Å². The van der Waals surface area contributed by atoms with Gasteiger partial charge in [-0.3, -0.25) is 0 Å². The molecule has 11 aromatic rings. The highest BCUT2D eigenvalue weighted by molar-refractivity contribution is 6.22. The minimum absolute atomic E-state index is 0.523. The highest BCUT2D eigenvalue weighted by atomic mass is 16.3. The minimum atomic E-state index is -0.523. The summed E-state index contributed by atoms with van der Waals surface area (Å²) in [4.78, 5) is 2.44. The molecule has 2 nitrogen and oxygen atoms in total. The molecule has 2 heteroatoms. The summed E-state index contributed by atoms with van der Waals surface area (Å²) in [6.07, 6.45) is 0. The van der Waals surface area contributed by atoms with Gasteiger partial charge in [0, 0.05) is 27.8 Å². The van der Waals surface area contributed by atoms with E-state index in [9.17, 15) is 0 Å². The maximum Gasteiger partial charge on any atom is 0.136 e. The van der Waals surface area contributed by atoms with E-state index in [0.717, 1.165) is 50.1 Å². The number of fused-ring (bicyclic) bond motifs is 8. The second-order valence-electron chi connectivity index (χ2n) is 16.0. The average Bonchev–Trinajstić information content (AvgIpc) is 3.86. The molecule has 0 radical (unpaired) electrons. The van der Waals surface area contributed by atoms with Gasteiger partial charge >= 0.3 is 0 Å². The van der Waals surface area contributed by atoms with Gasteiger partial charge in [-0.25, -0.2) is 0 Å². The molecule has 10 aromatic carbocycles. The molecule has 1 aliphatic carbocycles. The van der Waals surface area contributed by atoms with Crippen molar-refractivity contribution in [2.75, 3.05) is 4.90 Å². The topological polar surface area (TPSA) is 16.4 Å². The van der Waals surface area contributed by atoms with E-state index in [2.05, 4.69) is 235 Å². The van der Waals surface area contributed by atoms with E-state index in [0.29, 0.717) is 0 Å². The zero-order valence-electron chi connectivity index (χ0n) is 33.4.